The molecule has 0 spiro atoms. The Morgan fingerprint density at radius 2 is 1.76 bits per heavy atom. The van der Waals surface area contributed by atoms with E-state index in [1.807, 2.05) is 66.1 Å². The molecule has 0 radical (unpaired) electrons. The predicted molar refractivity (Wildman–Crippen MR) is 131 cm³/mol. The minimum atomic E-state index is -0.447. The molecule has 3 aromatic carbocycles. The van der Waals surface area contributed by atoms with Crippen molar-refractivity contribution < 1.29 is 14.3 Å². The average Bonchev–Trinajstić information content (AvgIpc) is 3.47. The van der Waals surface area contributed by atoms with E-state index < -0.39 is 5.97 Å². The molecule has 0 aliphatic heterocycles. The number of hydrogen-bond acceptors (Lipinski definition) is 7. The number of ether oxygens (including phenoxy) is 2. The van der Waals surface area contributed by atoms with E-state index in [2.05, 4.69) is 14.3 Å². The van der Waals surface area contributed by atoms with Gasteiger partial charge in [0, 0.05) is 17.1 Å². The number of benzene rings is 3. The molecule has 1 N–H and O–H groups in total. The summed E-state index contributed by atoms with van der Waals surface area (Å²) < 4.78 is 15.6. The Morgan fingerprint density at radius 1 is 1.00 bits per heavy atom. The highest BCUT2D eigenvalue weighted by atomic mass is 32.1. The number of para-hydroxylation sites is 1. The number of carbonyl (C=O) groups is 1. The lowest BCUT2D eigenvalue weighted by atomic mass is 9.99. The van der Waals surface area contributed by atoms with Crippen LogP contribution in [0.5, 0.6) is 6.01 Å². The summed E-state index contributed by atoms with van der Waals surface area (Å²) in [4.78, 5) is 32.4. The van der Waals surface area contributed by atoms with Crippen LogP contribution in [-0.4, -0.2) is 38.6 Å². The molecular formula is C25H20N4O4S. The summed E-state index contributed by atoms with van der Waals surface area (Å²) in [6.07, 6.45) is 0. The molecule has 0 saturated heterocycles. The zero-order valence-electron chi connectivity index (χ0n) is 18.4. The number of aromatic nitrogens is 4. The highest BCUT2D eigenvalue weighted by Gasteiger charge is 2.21. The van der Waals surface area contributed by atoms with Crippen molar-refractivity contribution in [1.82, 2.24) is 18.9 Å². The highest BCUT2D eigenvalue weighted by molar-refractivity contribution is 7.03. The molecule has 0 fully saturated rings. The molecule has 0 atom stereocenters. The summed E-state index contributed by atoms with van der Waals surface area (Å²) >= 11 is 0.963. The van der Waals surface area contributed by atoms with E-state index in [9.17, 15) is 9.59 Å². The summed E-state index contributed by atoms with van der Waals surface area (Å²) in [6, 6.07) is 21.3. The molecule has 0 aliphatic carbocycles. The third-order valence-electron chi connectivity index (χ3n) is 5.38. The zero-order valence-corrected chi connectivity index (χ0v) is 19.3. The fourth-order valence-corrected chi connectivity index (χ4v) is 4.40. The van der Waals surface area contributed by atoms with Crippen LogP contribution in [0.4, 0.5) is 0 Å². The van der Waals surface area contributed by atoms with Crippen LogP contribution in [0.25, 0.3) is 39.2 Å². The van der Waals surface area contributed by atoms with Crippen molar-refractivity contribution in [2.45, 2.75) is 6.92 Å². The van der Waals surface area contributed by atoms with Crippen LogP contribution in [0.15, 0.2) is 71.5 Å². The summed E-state index contributed by atoms with van der Waals surface area (Å²) in [5.41, 5.74) is 5.16. The first-order valence-corrected chi connectivity index (χ1v) is 11.4. The second kappa shape index (κ2) is 8.95. The Kier molecular flexibility index (Phi) is 5.69. The van der Waals surface area contributed by atoms with Crippen LogP contribution >= 0.6 is 11.5 Å². The topological polar surface area (TPSA) is 99.1 Å². The first-order chi connectivity index (χ1) is 16.6. The van der Waals surface area contributed by atoms with Crippen LogP contribution in [-0.2, 0) is 4.74 Å². The Morgan fingerprint density at radius 3 is 2.44 bits per heavy atom. The van der Waals surface area contributed by atoms with Gasteiger partial charge in [0.05, 0.1) is 36.0 Å². The summed E-state index contributed by atoms with van der Waals surface area (Å²) in [5, 5.41) is 0. The molecule has 0 aliphatic rings. The fourth-order valence-electron chi connectivity index (χ4n) is 3.92. The van der Waals surface area contributed by atoms with Crippen LogP contribution in [0.1, 0.15) is 17.3 Å². The fraction of sp³-hybridized carbons (Fsp3) is 0.120. The lowest BCUT2D eigenvalue weighted by Crippen LogP contribution is -2.06. The Labute approximate surface area is 198 Å². The van der Waals surface area contributed by atoms with Gasteiger partial charge in [0.15, 0.2) is 5.82 Å². The minimum Gasteiger partial charge on any atom is -0.465 e. The molecule has 0 saturated carbocycles. The van der Waals surface area contributed by atoms with Crippen molar-refractivity contribution in [3.05, 3.63) is 82.0 Å². The number of imidazole rings is 1. The maximum absolute atomic E-state index is 12.5. The molecule has 2 heterocycles. The molecule has 2 aromatic heterocycles. The quantitative estimate of drug-likeness (QED) is 0.360. The maximum atomic E-state index is 12.5. The largest absolute Gasteiger partial charge is 0.465 e. The number of hydrogen-bond donors (Lipinski definition) is 1. The van der Waals surface area contributed by atoms with Crippen LogP contribution in [0, 0.1) is 0 Å². The van der Waals surface area contributed by atoms with Gasteiger partial charge in [-0.15, -0.1) is 0 Å². The highest BCUT2D eigenvalue weighted by Crippen LogP contribution is 2.33. The number of H-pyrrole nitrogens is 1. The van der Waals surface area contributed by atoms with Crippen molar-refractivity contribution in [3.63, 3.8) is 0 Å². The Hall–Kier alpha value is -4.24. The number of fused-ring (bicyclic) bond motifs is 1. The number of rotatable bonds is 6. The van der Waals surface area contributed by atoms with Gasteiger partial charge in [-0.1, -0.05) is 42.5 Å². The molecule has 0 unspecified atom stereocenters. The van der Waals surface area contributed by atoms with Gasteiger partial charge < -0.3 is 9.47 Å². The first-order valence-electron chi connectivity index (χ1n) is 10.6. The van der Waals surface area contributed by atoms with Crippen molar-refractivity contribution in [3.8, 4) is 34.2 Å². The Balaban J connectivity index is 1.64. The van der Waals surface area contributed by atoms with Crippen molar-refractivity contribution in [2.24, 2.45) is 0 Å². The number of methoxy groups -OCH3 is 1. The average molecular weight is 473 g/mol. The van der Waals surface area contributed by atoms with E-state index in [4.69, 9.17) is 9.47 Å². The van der Waals surface area contributed by atoms with Gasteiger partial charge in [-0.05, 0) is 42.3 Å². The predicted octanol–water partition coefficient (Wildman–Crippen LogP) is 4.69. The van der Waals surface area contributed by atoms with E-state index in [-0.39, 0.29) is 4.87 Å². The third-order valence-corrected chi connectivity index (χ3v) is 5.94. The number of esters is 1. The van der Waals surface area contributed by atoms with Crippen molar-refractivity contribution in [1.29, 1.82) is 0 Å². The van der Waals surface area contributed by atoms with E-state index in [1.165, 1.54) is 7.11 Å². The van der Waals surface area contributed by atoms with Gasteiger partial charge in [-0.3, -0.25) is 13.7 Å². The number of nitrogens with zero attached hydrogens (tertiary/aromatic N) is 3. The number of aromatic amines is 1. The van der Waals surface area contributed by atoms with Crippen molar-refractivity contribution >= 4 is 28.5 Å². The summed E-state index contributed by atoms with van der Waals surface area (Å²) in [5.74, 6) is 0.0919. The second-order valence-corrected chi connectivity index (χ2v) is 8.11. The summed E-state index contributed by atoms with van der Waals surface area (Å²) in [7, 11) is 1.35. The standard InChI is InChI=1S/C25H20N4O4S/c1-3-33-24-26-20-10-6-9-19(23(30)32-2)21(20)29(24)16-13-11-15(12-14-16)17-7-4-5-8-18(17)22-27-25(31)34-28-22/h4-14H,3H2,1-2H3,(H,27,28,31). The molecule has 170 valence electrons. The molecule has 5 aromatic rings. The molecule has 8 nitrogen and oxygen atoms in total. The molecule has 0 amide bonds. The van der Waals surface area contributed by atoms with Gasteiger partial charge >= 0.3 is 16.9 Å². The zero-order chi connectivity index (χ0) is 23.7. The van der Waals surface area contributed by atoms with E-state index in [1.54, 1.807) is 12.1 Å². The SMILES string of the molecule is CCOc1nc2cccc(C(=O)OC)c2n1-c1ccc(-c2ccccc2-c2nc(=O)s[nH]2)cc1. The smallest absolute Gasteiger partial charge is 0.344 e. The van der Waals surface area contributed by atoms with Crippen LogP contribution in [0.2, 0.25) is 0 Å². The lowest BCUT2D eigenvalue weighted by Gasteiger charge is -2.13. The first kappa shape index (κ1) is 21.6. The normalized spacial score (nSPS) is 11.0. The maximum Gasteiger partial charge on any atom is 0.344 e. The van der Waals surface area contributed by atoms with E-state index in [0.717, 1.165) is 33.9 Å². The van der Waals surface area contributed by atoms with Crippen LogP contribution in [0.3, 0.4) is 0 Å². The lowest BCUT2D eigenvalue weighted by molar-refractivity contribution is 0.0602. The van der Waals surface area contributed by atoms with Gasteiger partial charge in [0.1, 0.15) is 0 Å². The molecule has 34 heavy (non-hydrogen) atoms. The summed E-state index contributed by atoms with van der Waals surface area (Å²) in [6.45, 7) is 2.31. The van der Waals surface area contributed by atoms with Crippen LogP contribution < -0.4 is 9.61 Å². The molecule has 9 heteroatoms. The Bertz CT molecular complexity index is 1550. The monoisotopic (exact) mass is 472 g/mol. The second-order valence-electron chi connectivity index (χ2n) is 7.35. The van der Waals surface area contributed by atoms with Gasteiger partial charge in [-0.2, -0.15) is 9.97 Å². The molecule has 0 bridgehead atoms. The van der Waals surface area contributed by atoms with Gasteiger partial charge in [0.2, 0.25) is 0 Å². The third kappa shape index (κ3) is 3.75. The van der Waals surface area contributed by atoms with E-state index >= 15 is 0 Å². The molecular weight excluding hydrogens is 452 g/mol. The van der Waals surface area contributed by atoms with Gasteiger partial charge in [-0.25, -0.2) is 4.79 Å². The van der Waals surface area contributed by atoms with Gasteiger partial charge in [0.25, 0.3) is 0 Å². The van der Waals surface area contributed by atoms with E-state index in [0.29, 0.717) is 35.0 Å². The minimum absolute atomic E-state index is 0.267. The molecule has 5 rings (SSSR count). The number of carbonyl (C=O) groups excluding carboxylic acids is 1. The van der Waals surface area contributed by atoms with Crippen molar-refractivity contribution in [2.75, 3.05) is 13.7 Å². The number of nitrogens with one attached hydrogen (secondary N) is 1.